The molecule has 32 heavy (non-hydrogen) atoms. The van der Waals surface area contributed by atoms with Gasteiger partial charge in [0, 0.05) is 6.20 Å². The Morgan fingerprint density at radius 1 is 1.25 bits per heavy atom. The van der Waals surface area contributed by atoms with Gasteiger partial charge in [0.2, 0.25) is 0 Å². The number of carbonyl (C=O) groups is 3. The van der Waals surface area contributed by atoms with Crippen molar-refractivity contribution < 1.29 is 36.7 Å². The van der Waals surface area contributed by atoms with Crippen LogP contribution in [0.2, 0.25) is 5.02 Å². The van der Waals surface area contributed by atoms with Crippen molar-refractivity contribution in [1.29, 1.82) is 0 Å². The van der Waals surface area contributed by atoms with Crippen LogP contribution < -0.4 is 10.6 Å². The lowest BCUT2D eigenvalue weighted by Gasteiger charge is -2.10. The monoisotopic (exact) mass is 487 g/mol. The highest BCUT2D eigenvalue weighted by Gasteiger charge is 2.31. The van der Waals surface area contributed by atoms with E-state index in [-0.39, 0.29) is 16.5 Å². The molecule has 13 heteroatoms. The van der Waals surface area contributed by atoms with E-state index in [4.69, 9.17) is 20.8 Å². The van der Waals surface area contributed by atoms with Crippen molar-refractivity contribution >= 4 is 51.5 Å². The summed E-state index contributed by atoms with van der Waals surface area (Å²) in [7, 11) is 0. The number of pyridine rings is 1. The molecule has 0 saturated heterocycles. The predicted octanol–water partition coefficient (Wildman–Crippen LogP) is 4.76. The van der Waals surface area contributed by atoms with Crippen molar-refractivity contribution in [3.8, 4) is 0 Å². The van der Waals surface area contributed by atoms with Crippen molar-refractivity contribution in [2.24, 2.45) is 0 Å². The molecule has 0 spiro atoms. The van der Waals surface area contributed by atoms with Crippen LogP contribution in [-0.2, 0) is 15.7 Å². The lowest BCUT2D eigenvalue weighted by molar-refractivity contribution is -0.137. The Bertz CT molecular complexity index is 1160. The Labute approximate surface area is 187 Å². The fraction of sp³-hybridized carbons (Fsp3) is 0.158. The number of hydrogen-bond acceptors (Lipinski definition) is 7. The molecule has 0 atom stereocenters. The van der Waals surface area contributed by atoms with Crippen molar-refractivity contribution in [3.63, 3.8) is 0 Å². The largest absolute Gasteiger partial charge is 0.459 e. The number of nitrogens with zero attached hydrogens (tertiary/aromatic N) is 1. The zero-order valence-electron chi connectivity index (χ0n) is 16.1. The van der Waals surface area contributed by atoms with Gasteiger partial charge in [0.05, 0.1) is 21.9 Å². The van der Waals surface area contributed by atoms with Gasteiger partial charge in [0.1, 0.15) is 4.88 Å². The molecule has 0 bridgehead atoms. The first-order valence-corrected chi connectivity index (χ1v) is 9.89. The van der Waals surface area contributed by atoms with E-state index in [0.717, 1.165) is 11.3 Å². The molecule has 0 aliphatic heterocycles. The SMILES string of the molecule is Cc1cc(NC(=O)c2ccco2)sc1C(=O)OCC(=O)Nc1ncc(C(F)(F)F)cc1Cl. The molecule has 168 valence electrons. The maximum absolute atomic E-state index is 12.6. The summed E-state index contributed by atoms with van der Waals surface area (Å²) in [5.41, 5.74) is -0.572. The molecule has 0 aliphatic carbocycles. The Morgan fingerprint density at radius 3 is 2.62 bits per heavy atom. The van der Waals surface area contributed by atoms with Crippen molar-refractivity contribution in [1.82, 2.24) is 4.98 Å². The van der Waals surface area contributed by atoms with E-state index in [1.54, 1.807) is 19.1 Å². The van der Waals surface area contributed by atoms with Gasteiger partial charge >= 0.3 is 12.1 Å². The average Bonchev–Trinajstić information content (AvgIpc) is 3.37. The van der Waals surface area contributed by atoms with E-state index in [1.807, 2.05) is 0 Å². The average molecular weight is 488 g/mol. The number of halogens is 4. The van der Waals surface area contributed by atoms with Crippen LogP contribution in [0.1, 0.15) is 31.4 Å². The van der Waals surface area contributed by atoms with E-state index in [0.29, 0.717) is 22.8 Å². The number of ether oxygens (including phenoxy) is 1. The fourth-order valence-corrected chi connectivity index (χ4v) is 3.55. The van der Waals surface area contributed by atoms with E-state index >= 15 is 0 Å². The number of aromatic nitrogens is 1. The van der Waals surface area contributed by atoms with Crippen LogP contribution in [0.15, 0.2) is 41.1 Å². The summed E-state index contributed by atoms with van der Waals surface area (Å²) in [4.78, 5) is 39.9. The number of amides is 2. The summed E-state index contributed by atoms with van der Waals surface area (Å²) in [5.74, 6) is -2.40. The molecule has 0 fully saturated rings. The number of aryl methyl sites for hydroxylation is 1. The highest BCUT2D eigenvalue weighted by atomic mass is 35.5. The molecular weight excluding hydrogens is 475 g/mol. The normalized spacial score (nSPS) is 11.2. The maximum atomic E-state index is 12.6. The molecule has 0 radical (unpaired) electrons. The van der Waals surface area contributed by atoms with Crippen LogP contribution in [0.5, 0.6) is 0 Å². The second kappa shape index (κ2) is 9.40. The van der Waals surface area contributed by atoms with Gasteiger partial charge in [-0.15, -0.1) is 11.3 Å². The third kappa shape index (κ3) is 5.65. The van der Waals surface area contributed by atoms with Gasteiger partial charge in [-0.1, -0.05) is 11.6 Å². The van der Waals surface area contributed by atoms with Gasteiger partial charge in [0.15, 0.2) is 18.2 Å². The van der Waals surface area contributed by atoms with Gasteiger partial charge in [0.25, 0.3) is 11.8 Å². The summed E-state index contributed by atoms with van der Waals surface area (Å²) in [5, 5.41) is 4.68. The minimum absolute atomic E-state index is 0.0902. The Balaban J connectivity index is 1.57. The first kappa shape index (κ1) is 23.3. The molecule has 0 saturated carbocycles. The number of nitrogens with one attached hydrogen (secondary N) is 2. The number of esters is 1. The number of hydrogen-bond donors (Lipinski definition) is 2. The van der Waals surface area contributed by atoms with E-state index in [9.17, 15) is 27.6 Å². The number of furan rings is 1. The van der Waals surface area contributed by atoms with Crippen LogP contribution in [0.4, 0.5) is 24.0 Å². The van der Waals surface area contributed by atoms with Crippen molar-refractivity contribution in [2.75, 3.05) is 17.2 Å². The number of carbonyl (C=O) groups excluding carboxylic acids is 3. The van der Waals surface area contributed by atoms with Crippen LogP contribution in [0, 0.1) is 6.92 Å². The summed E-state index contributed by atoms with van der Waals surface area (Å²) in [6.45, 7) is 0.880. The summed E-state index contributed by atoms with van der Waals surface area (Å²) < 4.78 is 47.8. The van der Waals surface area contributed by atoms with Gasteiger partial charge < -0.3 is 19.8 Å². The first-order valence-electron chi connectivity index (χ1n) is 8.69. The Kier molecular flexibility index (Phi) is 6.84. The molecule has 3 aromatic heterocycles. The summed E-state index contributed by atoms with van der Waals surface area (Å²) in [6.07, 6.45) is -2.78. The molecule has 0 unspecified atom stereocenters. The van der Waals surface area contributed by atoms with Crippen LogP contribution in [0.25, 0.3) is 0 Å². The molecule has 0 aromatic carbocycles. The topological polar surface area (TPSA) is 111 Å². The minimum atomic E-state index is -4.64. The maximum Gasteiger partial charge on any atom is 0.417 e. The van der Waals surface area contributed by atoms with Gasteiger partial charge in [-0.25, -0.2) is 9.78 Å². The molecule has 3 heterocycles. The minimum Gasteiger partial charge on any atom is -0.459 e. The number of thiophene rings is 1. The lowest BCUT2D eigenvalue weighted by atomic mass is 10.3. The molecule has 2 amide bonds. The standard InChI is InChI=1S/C19H13ClF3N3O5S/c1-9-5-14(26-17(28)12-3-2-4-30-12)32-15(9)18(29)31-8-13(27)25-16-11(20)6-10(7-24-16)19(21,22)23/h2-7H,8H2,1H3,(H,26,28)(H,24,25,27). The molecule has 3 rings (SSSR count). The Hall–Kier alpha value is -3.38. The van der Waals surface area contributed by atoms with Gasteiger partial charge in [-0.05, 0) is 36.8 Å². The summed E-state index contributed by atoms with van der Waals surface area (Å²) >= 11 is 6.65. The molecule has 3 aromatic rings. The third-order valence-corrected chi connectivity index (χ3v) is 5.27. The number of alkyl halides is 3. The van der Waals surface area contributed by atoms with Gasteiger partial charge in [-0.2, -0.15) is 13.2 Å². The zero-order chi connectivity index (χ0) is 23.5. The molecular formula is C19H13ClF3N3O5S. The highest BCUT2D eigenvalue weighted by molar-refractivity contribution is 7.18. The van der Waals surface area contributed by atoms with E-state index in [1.165, 1.54) is 12.3 Å². The third-order valence-electron chi connectivity index (χ3n) is 3.85. The van der Waals surface area contributed by atoms with Crippen LogP contribution in [-0.4, -0.2) is 29.4 Å². The first-order chi connectivity index (χ1) is 15.0. The van der Waals surface area contributed by atoms with Gasteiger partial charge in [-0.3, -0.25) is 9.59 Å². The lowest BCUT2D eigenvalue weighted by Crippen LogP contribution is -2.21. The van der Waals surface area contributed by atoms with E-state index < -0.39 is 41.2 Å². The van der Waals surface area contributed by atoms with E-state index in [2.05, 4.69) is 15.6 Å². The highest BCUT2D eigenvalue weighted by Crippen LogP contribution is 2.32. The van der Waals surface area contributed by atoms with Crippen molar-refractivity contribution in [2.45, 2.75) is 13.1 Å². The summed E-state index contributed by atoms with van der Waals surface area (Å²) in [6, 6.07) is 5.19. The van der Waals surface area contributed by atoms with Crippen LogP contribution in [0.3, 0.4) is 0 Å². The number of anilines is 2. The second-order valence-corrected chi connectivity index (χ2v) is 7.69. The van der Waals surface area contributed by atoms with Crippen molar-refractivity contribution in [3.05, 3.63) is 63.5 Å². The zero-order valence-corrected chi connectivity index (χ0v) is 17.7. The fourth-order valence-electron chi connectivity index (χ4n) is 2.38. The molecule has 2 N–H and O–H groups in total. The smallest absolute Gasteiger partial charge is 0.417 e. The Morgan fingerprint density at radius 2 is 2.00 bits per heavy atom. The molecule has 8 nitrogen and oxygen atoms in total. The predicted molar refractivity (Wildman–Crippen MR) is 109 cm³/mol. The molecule has 0 aliphatic rings. The second-order valence-electron chi connectivity index (χ2n) is 6.23. The van der Waals surface area contributed by atoms with Crippen LogP contribution >= 0.6 is 22.9 Å². The number of rotatable bonds is 6. The quantitative estimate of drug-likeness (QED) is 0.485.